The van der Waals surface area contributed by atoms with Crippen LogP contribution >= 0.6 is 0 Å². The Labute approximate surface area is 51.6 Å². The second-order valence-corrected chi connectivity index (χ2v) is 1.47. The lowest BCUT2D eigenvalue weighted by Crippen LogP contribution is -1.93. The van der Waals surface area contributed by atoms with Gasteiger partial charge in [-0.05, 0) is 6.07 Å². The summed E-state index contributed by atoms with van der Waals surface area (Å²) in [5.74, 6) is -1.09. The third kappa shape index (κ3) is 1.25. The van der Waals surface area contributed by atoms with Crippen LogP contribution in [0.25, 0.3) is 0 Å². The van der Waals surface area contributed by atoms with Gasteiger partial charge in [-0.15, -0.1) is 0 Å². The van der Waals surface area contributed by atoms with Gasteiger partial charge in [0.15, 0.2) is 0 Å². The predicted octanol–water partition coefficient (Wildman–Crippen LogP) is 1.26. The second kappa shape index (κ2) is 2.26. The van der Waals surface area contributed by atoms with Crippen LogP contribution in [0.15, 0.2) is 28.9 Å². The highest BCUT2D eigenvalue weighted by molar-refractivity contribution is 5.83. The van der Waals surface area contributed by atoms with E-state index in [0.717, 1.165) is 0 Å². The zero-order chi connectivity index (χ0) is 6.69. The Morgan fingerprint density at radius 2 is 2.33 bits per heavy atom. The molecule has 0 saturated heterocycles. The van der Waals surface area contributed by atoms with E-state index in [4.69, 9.17) is 5.11 Å². The summed E-state index contributed by atoms with van der Waals surface area (Å²) in [4.78, 5) is 10.1. The van der Waals surface area contributed by atoms with Crippen molar-refractivity contribution in [3.05, 3.63) is 30.2 Å². The lowest BCUT2D eigenvalue weighted by Gasteiger charge is -1.75. The zero-order valence-corrected chi connectivity index (χ0v) is 4.57. The van der Waals surface area contributed by atoms with Gasteiger partial charge in [0.2, 0.25) is 0 Å². The first-order chi connectivity index (χ1) is 4.30. The molecule has 1 heterocycles. The molecule has 1 aromatic heterocycles. The fourth-order valence-corrected chi connectivity index (χ4v) is 0.462. The second-order valence-electron chi connectivity index (χ2n) is 1.47. The van der Waals surface area contributed by atoms with Crippen LogP contribution in [0.3, 0.4) is 0 Å². The normalized spacial score (nSPS) is 8.89. The average molecular weight is 125 g/mol. The van der Waals surface area contributed by atoms with Gasteiger partial charge < -0.3 is 5.11 Å². The SMILES string of the molecule is O=C(O)c1cccc[o+]1. The lowest BCUT2D eigenvalue weighted by atomic mass is 10.4. The van der Waals surface area contributed by atoms with E-state index < -0.39 is 5.97 Å². The monoisotopic (exact) mass is 125 g/mol. The summed E-state index contributed by atoms with van der Waals surface area (Å²) in [6, 6.07) is 4.61. The van der Waals surface area contributed by atoms with Gasteiger partial charge >= 0.3 is 18.0 Å². The van der Waals surface area contributed by atoms with E-state index in [2.05, 4.69) is 4.42 Å². The molecule has 0 atom stereocenters. The van der Waals surface area contributed by atoms with Crippen LogP contribution in [0.4, 0.5) is 0 Å². The molecular weight excluding hydrogens is 120 g/mol. The number of carbonyl (C=O) groups is 1. The summed E-state index contributed by atoms with van der Waals surface area (Å²) in [6.45, 7) is 0. The van der Waals surface area contributed by atoms with E-state index in [9.17, 15) is 4.79 Å². The van der Waals surface area contributed by atoms with Gasteiger partial charge in [-0.1, -0.05) is 0 Å². The number of aromatic carboxylic acids is 1. The highest BCUT2D eigenvalue weighted by Crippen LogP contribution is 1.95. The van der Waals surface area contributed by atoms with Gasteiger partial charge in [-0.3, -0.25) is 0 Å². The molecule has 3 heteroatoms. The van der Waals surface area contributed by atoms with E-state index >= 15 is 0 Å². The Hall–Kier alpha value is -1.38. The molecule has 0 aromatic carbocycles. The molecule has 0 aliphatic rings. The molecule has 0 bridgehead atoms. The van der Waals surface area contributed by atoms with Crippen LogP contribution in [0.5, 0.6) is 0 Å². The van der Waals surface area contributed by atoms with Gasteiger partial charge in [0.25, 0.3) is 0 Å². The first-order valence-corrected chi connectivity index (χ1v) is 2.41. The molecule has 0 aliphatic carbocycles. The fourth-order valence-electron chi connectivity index (χ4n) is 0.462. The highest BCUT2D eigenvalue weighted by atomic mass is 16.4. The molecule has 0 aliphatic heterocycles. The van der Waals surface area contributed by atoms with Crippen molar-refractivity contribution in [2.75, 3.05) is 0 Å². The van der Waals surface area contributed by atoms with Crippen LogP contribution in [0, 0.1) is 0 Å². The van der Waals surface area contributed by atoms with Crippen LogP contribution in [0.2, 0.25) is 0 Å². The van der Waals surface area contributed by atoms with Crippen molar-refractivity contribution in [3.63, 3.8) is 0 Å². The molecule has 0 spiro atoms. The van der Waals surface area contributed by atoms with Gasteiger partial charge in [0, 0.05) is 6.07 Å². The van der Waals surface area contributed by atoms with E-state index in [0.29, 0.717) is 0 Å². The Morgan fingerprint density at radius 1 is 1.56 bits per heavy atom. The Bertz CT molecular complexity index is 205. The fraction of sp³-hybridized carbons (Fsp3) is 0. The third-order valence-electron chi connectivity index (χ3n) is 0.843. The van der Waals surface area contributed by atoms with Crippen LogP contribution in [-0.2, 0) is 0 Å². The minimum Gasteiger partial charge on any atom is -0.471 e. The minimum atomic E-state index is -1.05. The summed E-state index contributed by atoms with van der Waals surface area (Å²) in [5, 5.41) is 8.29. The van der Waals surface area contributed by atoms with Crippen LogP contribution < -0.4 is 0 Å². The maximum Gasteiger partial charge on any atom is 0.436 e. The van der Waals surface area contributed by atoms with E-state index in [1.807, 2.05) is 0 Å². The molecule has 1 rings (SSSR count). The van der Waals surface area contributed by atoms with Crippen molar-refractivity contribution < 1.29 is 14.3 Å². The van der Waals surface area contributed by atoms with Gasteiger partial charge in [0.05, 0.1) is 6.07 Å². The zero-order valence-electron chi connectivity index (χ0n) is 4.57. The number of hydrogen-bond acceptors (Lipinski definition) is 1. The standard InChI is InChI=1S/C6H4O3/c7-6(8)5-3-1-2-4-9-5/h1-4H/p+1. The first kappa shape index (κ1) is 5.75. The summed E-state index contributed by atoms with van der Waals surface area (Å²) in [7, 11) is 0. The summed E-state index contributed by atoms with van der Waals surface area (Å²) in [5.41, 5.74) is 0. The van der Waals surface area contributed by atoms with Crippen molar-refractivity contribution in [3.8, 4) is 0 Å². The Kier molecular flexibility index (Phi) is 1.44. The van der Waals surface area contributed by atoms with Gasteiger partial charge in [-0.2, -0.15) is 0 Å². The predicted molar refractivity (Wildman–Crippen MR) is 30.1 cm³/mol. The third-order valence-corrected chi connectivity index (χ3v) is 0.843. The van der Waals surface area contributed by atoms with Gasteiger partial charge in [0.1, 0.15) is 0 Å². The number of carboxylic acids is 1. The van der Waals surface area contributed by atoms with Crippen molar-refractivity contribution in [1.29, 1.82) is 0 Å². The van der Waals surface area contributed by atoms with E-state index in [1.54, 1.807) is 12.1 Å². The molecule has 0 unspecified atom stereocenters. The van der Waals surface area contributed by atoms with Crippen molar-refractivity contribution in [2.45, 2.75) is 0 Å². The number of carboxylic acid groups (broad SMARTS) is 1. The number of hydrogen-bond donors (Lipinski definition) is 1. The summed E-state index contributed by atoms with van der Waals surface area (Å²) >= 11 is 0. The molecule has 9 heavy (non-hydrogen) atoms. The summed E-state index contributed by atoms with van der Waals surface area (Å²) < 4.78 is 4.59. The molecule has 0 saturated carbocycles. The van der Waals surface area contributed by atoms with Crippen LogP contribution in [-0.4, -0.2) is 11.1 Å². The Balaban J connectivity index is 2.98. The van der Waals surface area contributed by atoms with Crippen molar-refractivity contribution in [2.24, 2.45) is 0 Å². The molecule has 3 nitrogen and oxygen atoms in total. The van der Waals surface area contributed by atoms with Crippen LogP contribution in [0.1, 0.15) is 10.6 Å². The molecule has 0 fully saturated rings. The smallest absolute Gasteiger partial charge is 0.436 e. The van der Waals surface area contributed by atoms with Crippen molar-refractivity contribution in [1.82, 2.24) is 0 Å². The molecule has 46 valence electrons. The summed E-state index contributed by atoms with van der Waals surface area (Å²) in [6.07, 6.45) is 1.32. The van der Waals surface area contributed by atoms with E-state index in [1.165, 1.54) is 12.3 Å². The lowest BCUT2D eigenvalue weighted by molar-refractivity contribution is 0.0659. The molecule has 1 N–H and O–H groups in total. The maximum atomic E-state index is 10.1. The number of rotatable bonds is 1. The van der Waals surface area contributed by atoms with Gasteiger partial charge in [-0.25, -0.2) is 9.21 Å². The highest BCUT2D eigenvalue weighted by Gasteiger charge is 2.13. The van der Waals surface area contributed by atoms with Crippen molar-refractivity contribution >= 4 is 5.97 Å². The Morgan fingerprint density at radius 3 is 2.67 bits per heavy atom. The molecule has 1 aromatic rings. The largest absolute Gasteiger partial charge is 0.471 e. The van der Waals surface area contributed by atoms with E-state index in [-0.39, 0.29) is 5.76 Å². The first-order valence-electron chi connectivity index (χ1n) is 2.41. The average Bonchev–Trinajstić information content (AvgIpc) is 1.90. The topological polar surface area (TPSA) is 48.6 Å². The quantitative estimate of drug-likeness (QED) is 0.575. The molecular formula is C6H5O3+. The molecule has 0 radical (unpaired) electrons. The maximum absolute atomic E-state index is 10.1. The molecule has 0 amide bonds. The minimum absolute atomic E-state index is 0.0440.